The maximum Gasteiger partial charge on any atom is 0.223 e. The molecule has 2 aromatic heterocycles. The predicted molar refractivity (Wildman–Crippen MR) is 92.4 cm³/mol. The Kier molecular flexibility index (Phi) is 3.63. The van der Waals surface area contributed by atoms with Gasteiger partial charge in [-0.1, -0.05) is 6.07 Å². The summed E-state index contributed by atoms with van der Waals surface area (Å²) in [5.41, 5.74) is 6.92. The topological polar surface area (TPSA) is 46.1 Å². The van der Waals surface area contributed by atoms with E-state index >= 15 is 0 Å². The van der Waals surface area contributed by atoms with Crippen LogP contribution < -0.4 is 0 Å². The van der Waals surface area contributed by atoms with E-state index in [0.717, 1.165) is 30.0 Å². The van der Waals surface area contributed by atoms with Crippen LogP contribution in [0.25, 0.3) is 0 Å². The van der Waals surface area contributed by atoms with Crippen LogP contribution in [-0.4, -0.2) is 20.8 Å². The summed E-state index contributed by atoms with van der Waals surface area (Å²) in [6, 6.07) is 6.31. The maximum atomic E-state index is 12.7. The van der Waals surface area contributed by atoms with E-state index in [1.807, 2.05) is 24.9 Å². The molecule has 1 saturated carbocycles. The Morgan fingerprint density at radius 1 is 1.21 bits per heavy atom. The minimum Gasteiger partial charge on any atom is -0.332 e. The first kappa shape index (κ1) is 15.3. The minimum atomic E-state index is 0.262. The Morgan fingerprint density at radius 3 is 2.79 bits per heavy atom. The van der Waals surface area contributed by atoms with E-state index in [9.17, 15) is 4.79 Å². The lowest BCUT2D eigenvalue weighted by Gasteiger charge is -2.15. The lowest BCUT2D eigenvalue weighted by Crippen LogP contribution is -2.25. The first-order chi connectivity index (χ1) is 11.5. The second-order valence-electron chi connectivity index (χ2n) is 7.29. The predicted octanol–water partition coefficient (Wildman–Crippen LogP) is 3.44. The van der Waals surface area contributed by atoms with E-state index in [0.29, 0.717) is 24.8 Å². The molecule has 4 nitrogen and oxygen atoms in total. The van der Waals surface area contributed by atoms with E-state index in [1.54, 1.807) is 0 Å². The van der Waals surface area contributed by atoms with Crippen LogP contribution in [0.15, 0.2) is 24.4 Å². The van der Waals surface area contributed by atoms with E-state index in [-0.39, 0.29) is 5.91 Å². The Labute approximate surface area is 142 Å². The number of rotatable bonds is 3. The number of fused-ring (bicyclic) bond motifs is 1. The van der Waals surface area contributed by atoms with Crippen LogP contribution in [0.5, 0.6) is 0 Å². The summed E-state index contributed by atoms with van der Waals surface area (Å²) >= 11 is 0. The zero-order valence-corrected chi connectivity index (χ0v) is 14.5. The Bertz CT molecular complexity index is 797. The van der Waals surface area contributed by atoms with Crippen molar-refractivity contribution in [2.45, 2.75) is 52.6 Å². The van der Waals surface area contributed by atoms with E-state index in [4.69, 9.17) is 0 Å². The molecule has 4 rings (SSSR count). The first-order valence-electron chi connectivity index (χ1n) is 8.67. The molecular weight excluding hydrogens is 298 g/mol. The summed E-state index contributed by atoms with van der Waals surface area (Å²) in [5, 5.41) is 0. The van der Waals surface area contributed by atoms with E-state index < -0.39 is 0 Å². The van der Waals surface area contributed by atoms with Gasteiger partial charge in [0.2, 0.25) is 5.91 Å². The van der Waals surface area contributed by atoms with Crippen molar-refractivity contribution in [1.29, 1.82) is 0 Å². The third-order valence-corrected chi connectivity index (χ3v) is 5.33. The number of nitrogens with zero attached hydrogens (tertiary/aromatic N) is 3. The summed E-state index contributed by atoms with van der Waals surface area (Å²) in [6.07, 6.45) is 3.71. The molecule has 0 radical (unpaired) electrons. The lowest BCUT2D eigenvalue weighted by atomic mass is 10.1. The minimum absolute atomic E-state index is 0.262. The van der Waals surface area contributed by atoms with Crippen molar-refractivity contribution in [3.05, 3.63) is 58.2 Å². The van der Waals surface area contributed by atoms with Crippen molar-refractivity contribution >= 4 is 5.91 Å². The summed E-state index contributed by atoms with van der Waals surface area (Å²) in [6.45, 7) is 7.52. The van der Waals surface area contributed by atoms with Gasteiger partial charge in [-0.3, -0.25) is 14.8 Å². The van der Waals surface area contributed by atoms with Crippen LogP contribution in [0.4, 0.5) is 0 Å². The smallest absolute Gasteiger partial charge is 0.223 e. The fourth-order valence-electron chi connectivity index (χ4n) is 3.82. The van der Waals surface area contributed by atoms with E-state index in [1.165, 1.54) is 16.7 Å². The third-order valence-electron chi connectivity index (χ3n) is 5.33. The van der Waals surface area contributed by atoms with Crippen LogP contribution in [0.2, 0.25) is 0 Å². The molecule has 3 heterocycles. The van der Waals surface area contributed by atoms with E-state index in [2.05, 4.69) is 35.1 Å². The fourth-order valence-corrected chi connectivity index (χ4v) is 3.82. The molecule has 0 saturated heterocycles. The van der Waals surface area contributed by atoms with Gasteiger partial charge in [-0.05, 0) is 67.9 Å². The van der Waals surface area contributed by atoms with Crippen molar-refractivity contribution in [2.75, 3.05) is 0 Å². The molecular formula is C20H23N3O. The zero-order chi connectivity index (χ0) is 16.8. The highest BCUT2D eigenvalue weighted by Crippen LogP contribution is 2.49. The molecule has 0 spiro atoms. The monoisotopic (exact) mass is 321 g/mol. The number of carbonyl (C=O) groups is 1. The van der Waals surface area contributed by atoms with Gasteiger partial charge >= 0.3 is 0 Å². The Morgan fingerprint density at radius 2 is 2.04 bits per heavy atom. The average molecular weight is 321 g/mol. The lowest BCUT2D eigenvalue weighted by molar-refractivity contribution is -0.132. The highest BCUT2D eigenvalue weighted by atomic mass is 16.2. The molecule has 1 aliphatic heterocycles. The summed E-state index contributed by atoms with van der Waals surface area (Å²) in [4.78, 5) is 23.6. The molecule has 2 aliphatic rings. The normalized spacial score (nSPS) is 21.7. The molecule has 4 heteroatoms. The van der Waals surface area contributed by atoms with Crippen molar-refractivity contribution in [1.82, 2.24) is 14.9 Å². The van der Waals surface area contributed by atoms with Gasteiger partial charge < -0.3 is 4.90 Å². The van der Waals surface area contributed by atoms with Gasteiger partial charge in [0.15, 0.2) is 0 Å². The second kappa shape index (κ2) is 5.69. The van der Waals surface area contributed by atoms with Gasteiger partial charge in [0, 0.05) is 30.6 Å². The average Bonchev–Trinajstić information content (AvgIpc) is 3.15. The Hall–Kier alpha value is -2.23. The number of hydrogen-bond acceptors (Lipinski definition) is 3. The molecule has 0 bridgehead atoms. The molecule has 0 aromatic carbocycles. The standard InChI is InChI=1S/C20H23N3O/c1-12-6-14(3)22-19-11-23(10-18(12)19)20(24)8-16-7-17(16)15-5-4-13(2)21-9-15/h4-6,9,16-17H,7-8,10-11H2,1-3H3/t16-,17-/m0/s1. The maximum absolute atomic E-state index is 12.7. The van der Waals surface area contributed by atoms with Gasteiger partial charge in [0.1, 0.15) is 0 Å². The van der Waals surface area contributed by atoms with Crippen molar-refractivity contribution in [3.63, 3.8) is 0 Å². The van der Waals surface area contributed by atoms with Crippen molar-refractivity contribution < 1.29 is 4.79 Å². The summed E-state index contributed by atoms with van der Waals surface area (Å²) < 4.78 is 0. The van der Waals surface area contributed by atoms with Crippen molar-refractivity contribution in [3.8, 4) is 0 Å². The molecule has 2 atom stereocenters. The number of aryl methyl sites for hydroxylation is 3. The number of hydrogen-bond donors (Lipinski definition) is 0. The fraction of sp³-hybridized carbons (Fsp3) is 0.450. The van der Waals surface area contributed by atoms with Crippen LogP contribution in [0, 0.1) is 26.7 Å². The molecule has 24 heavy (non-hydrogen) atoms. The highest BCUT2D eigenvalue weighted by Gasteiger charge is 2.41. The Balaban J connectivity index is 1.38. The SMILES string of the molecule is Cc1ccc([C@@H]2C[C@H]2CC(=O)N2Cc3nc(C)cc(C)c3C2)cn1. The summed E-state index contributed by atoms with van der Waals surface area (Å²) in [7, 11) is 0. The van der Waals surface area contributed by atoms with Crippen LogP contribution in [0.3, 0.4) is 0 Å². The van der Waals surface area contributed by atoms with Crippen LogP contribution >= 0.6 is 0 Å². The highest BCUT2D eigenvalue weighted by molar-refractivity contribution is 5.77. The number of pyridine rings is 2. The summed E-state index contributed by atoms with van der Waals surface area (Å²) in [5.74, 6) is 1.24. The molecule has 1 amide bonds. The zero-order valence-electron chi connectivity index (χ0n) is 14.5. The van der Waals surface area contributed by atoms with Gasteiger partial charge in [0.05, 0.1) is 12.2 Å². The molecule has 0 unspecified atom stereocenters. The van der Waals surface area contributed by atoms with Crippen molar-refractivity contribution in [2.24, 2.45) is 5.92 Å². The number of aromatic nitrogens is 2. The van der Waals surface area contributed by atoms with Gasteiger partial charge in [0.25, 0.3) is 0 Å². The molecule has 124 valence electrons. The number of carbonyl (C=O) groups excluding carboxylic acids is 1. The molecule has 2 aromatic rings. The largest absolute Gasteiger partial charge is 0.332 e. The molecule has 1 fully saturated rings. The number of amides is 1. The quantitative estimate of drug-likeness (QED) is 0.870. The van der Waals surface area contributed by atoms with Gasteiger partial charge in [-0.15, -0.1) is 0 Å². The second-order valence-corrected chi connectivity index (χ2v) is 7.29. The molecule has 0 N–H and O–H groups in total. The van der Waals surface area contributed by atoms with Gasteiger partial charge in [-0.2, -0.15) is 0 Å². The third kappa shape index (κ3) is 2.81. The van der Waals surface area contributed by atoms with Gasteiger partial charge in [-0.25, -0.2) is 0 Å². The van der Waals surface area contributed by atoms with Crippen LogP contribution in [0.1, 0.15) is 52.5 Å². The first-order valence-corrected chi connectivity index (χ1v) is 8.67. The molecule has 1 aliphatic carbocycles. The van der Waals surface area contributed by atoms with Crippen LogP contribution in [-0.2, 0) is 17.9 Å².